The van der Waals surface area contributed by atoms with Crippen LogP contribution in [0.5, 0.6) is 5.75 Å². The van der Waals surface area contributed by atoms with Crippen LogP contribution in [0.1, 0.15) is 16.7 Å². The number of para-hydroxylation sites is 1. The quantitative estimate of drug-likeness (QED) is 0.908. The molecule has 0 aliphatic carbocycles. The molecule has 0 spiro atoms. The highest BCUT2D eigenvalue weighted by molar-refractivity contribution is 6.35. The minimum absolute atomic E-state index is 0.0622. The molecule has 2 aromatic rings. The third-order valence-corrected chi connectivity index (χ3v) is 3.59. The number of ether oxygens (including phenoxy) is 1. The van der Waals surface area contributed by atoms with Crippen LogP contribution in [0.2, 0.25) is 10.0 Å². The first kappa shape index (κ1) is 14.2. The Morgan fingerprint density at radius 2 is 1.68 bits per heavy atom. The summed E-state index contributed by atoms with van der Waals surface area (Å²) in [6, 6.07) is 11.0. The molecule has 0 heterocycles. The molecule has 0 aromatic heterocycles. The third kappa shape index (κ3) is 3.21. The molecule has 2 nitrogen and oxygen atoms in total. The van der Waals surface area contributed by atoms with Crippen molar-refractivity contribution in [3.8, 4) is 5.75 Å². The van der Waals surface area contributed by atoms with Gasteiger partial charge in [0.05, 0.1) is 6.61 Å². The molecule has 100 valence electrons. The van der Waals surface area contributed by atoms with Crippen LogP contribution in [-0.2, 0) is 13.2 Å². The highest BCUT2D eigenvalue weighted by Gasteiger charge is 2.10. The lowest BCUT2D eigenvalue weighted by molar-refractivity contribution is 0.258. The largest absolute Gasteiger partial charge is 0.488 e. The van der Waals surface area contributed by atoms with Crippen LogP contribution in [0, 0.1) is 6.92 Å². The SMILES string of the molecule is Cc1cccc(CO)c1OCc1c(Cl)cccc1Cl. The highest BCUT2D eigenvalue weighted by atomic mass is 35.5. The number of halogens is 2. The van der Waals surface area contributed by atoms with Gasteiger partial charge >= 0.3 is 0 Å². The van der Waals surface area contributed by atoms with Gasteiger partial charge in [0.2, 0.25) is 0 Å². The molecule has 0 saturated heterocycles. The molecule has 1 N–H and O–H groups in total. The van der Waals surface area contributed by atoms with Gasteiger partial charge in [0.1, 0.15) is 12.4 Å². The maximum atomic E-state index is 9.32. The molecule has 0 radical (unpaired) electrons. The first-order valence-corrected chi connectivity index (χ1v) is 6.64. The first-order chi connectivity index (χ1) is 9.13. The summed E-state index contributed by atoms with van der Waals surface area (Å²) >= 11 is 12.2. The van der Waals surface area contributed by atoms with E-state index in [1.165, 1.54) is 0 Å². The minimum Gasteiger partial charge on any atom is -0.488 e. The summed E-state index contributed by atoms with van der Waals surface area (Å²) in [6.45, 7) is 2.15. The Morgan fingerprint density at radius 3 is 2.32 bits per heavy atom. The number of aryl methyl sites for hydroxylation is 1. The topological polar surface area (TPSA) is 29.5 Å². The zero-order valence-electron chi connectivity index (χ0n) is 10.5. The Hall–Kier alpha value is -1.22. The molecule has 0 aliphatic heterocycles. The molecule has 19 heavy (non-hydrogen) atoms. The van der Waals surface area contributed by atoms with E-state index in [2.05, 4.69) is 0 Å². The van der Waals surface area contributed by atoms with E-state index in [0.29, 0.717) is 15.8 Å². The van der Waals surface area contributed by atoms with Gasteiger partial charge in [-0.2, -0.15) is 0 Å². The zero-order chi connectivity index (χ0) is 13.8. The van der Waals surface area contributed by atoms with Gasteiger partial charge in [0, 0.05) is 21.2 Å². The fourth-order valence-electron chi connectivity index (χ4n) is 1.86. The summed E-state index contributed by atoms with van der Waals surface area (Å²) < 4.78 is 5.78. The summed E-state index contributed by atoms with van der Waals surface area (Å²) in [6.07, 6.45) is 0. The second-order valence-electron chi connectivity index (χ2n) is 4.21. The van der Waals surface area contributed by atoms with Crippen molar-refractivity contribution < 1.29 is 9.84 Å². The summed E-state index contributed by atoms with van der Waals surface area (Å²) in [5.41, 5.74) is 2.47. The number of hydrogen-bond acceptors (Lipinski definition) is 2. The number of aliphatic hydroxyl groups is 1. The molecular weight excluding hydrogens is 283 g/mol. The van der Waals surface area contributed by atoms with Crippen LogP contribution in [0.25, 0.3) is 0 Å². The third-order valence-electron chi connectivity index (χ3n) is 2.89. The molecule has 0 aliphatic rings. The van der Waals surface area contributed by atoms with Gasteiger partial charge in [-0.05, 0) is 24.6 Å². The van der Waals surface area contributed by atoms with Gasteiger partial charge in [-0.15, -0.1) is 0 Å². The normalized spacial score (nSPS) is 10.5. The lowest BCUT2D eigenvalue weighted by Crippen LogP contribution is -2.01. The van der Waals surface area contributed by atoms with Crippen molar-refractivity contribution in [2.75, 3.05) is 0 Å². The van der Waals surface area contributed by atoms with Crippen LogP contribution < -0.4 is 4.74 Å². The molecule has 0 atom stereocenters. The lowest BCUT2D eigenvalue weighted by atomic mass is 10.1. The molecule has 4 heteroatoms. The van der Waals surface area contributed by atoms with E-state index in [4.69, 9.17) is 27.9 Å². The molecule has 2 rings (SSSR count). The first-order valence-electron chi connectivity index (χ1n) is 5.88. The summed E-state index contributed by atoms with van der Waals surface area (Å²) in [4.78, 5) is 0. The zero-order valence-corrected chi connectivity index (χ0v) is 12.0. The van der Waals surface area contributed by atoms with E-state index in [1.54, 1.807) is 18.2 Å². The van der Waals surface area contributed by atoms with E-state index >= 15 is 0 Å². The van der Waals surface area contributed by atoms with E-state index in [0.717, 1.165) is 16.7 Å². The average molecular weight is 297 g/mol. The molecule has 0 amide bonds. The number of aliphatic hydroxyl groups excluding tert-OH is 1. The van der Waals surface area contributed by atoms with E-state index in [-0.39, 0.29) is 13.2 Å². The lowest BCUT2D eigenvalue weighted by Gasteiger charge is -2.14. The Labute approximate surface area is 122 Å². The van der Waals surface area contributed by atoms with Gasteiger partial charge in [-0.3, -0.25) is 0 Å². The molecule has 0 unspecified atom stereocenters. The van der Waals surface area contributed by atoms with E-state index in [9.17, 15) is 5.11 Å². The van der Waals surface area contributed by atoms with E-state index < -0.39 is 0 Å². The molecule has 0 fully saturated rings. The monoisotopic (exact) mass is 296 g/mol. The number of rotatable bonds is 4. The van der Waals surface area contributed by atoms with Crippen molar-refractivity contribution >= 4 is 23.2 Å². The van der Waals surface area contributed by atoms with Gasteiger partial charge in [0.15, 0.2) is 0 Å². The number of benzene rings is 2. The maximum Gasteiger partial charge on any atom is 0.128 e. The van der Waals surface area contributed by atoms with Gasteiger partial charge in [-0.25, -0.2) is 0 Å². The average Bonchev–Trinajstić information content (AvgIpc) is 2.39. The van der Waals surface area contributed by atoms with Crippen molar-refractivity contribution in [3.63, 3.8) is 0 Å². The second kappa shape index (κ2) is 6.29. The van der Waals surface area contributed by atoms with Crippen LogP contribution in [0.4, 0.5) is 0 Å². The molecule has 0 saturated carbocycles. The Bertz CT molecular complexity index is 562. The molecular formula is C15H14Cl2O2. The van der Waals surface area contributed by atoms with Crippen LogP contribution >= 0.6 is 23.2 Å². The Kier molecular flexibility index (Phi) is 4.70. The van der Waals surface area contributed by atoms with Crippen molar-refractivity contribution in [3.05, 3.63) is 63.1 Å². The predicted octanol–water partition coefficient (Wildman–Crippen LogP) is 4.37. The van der Waals surface area contributed by atoms with Gasteiger partial charge in [-0.1, -0.05) is 47.5 Å². The smallest absolute Gasteiger partial charge is 0.128 e. The Balaban J connectivity index is 2.24. The highest BCUT2D eigenvalue weighted by Crippen LogP contribution is 2.28. The van der Waals surface area contributed by atoms with Crippen LogP contribution in [-0.4, -0.2) is 5.11 Å². The predicted molar refractivity (Wildman–Crippen MR) is 77.9 cm³/mol. The Morgan fingerprint density at radius 1 is 1.05 bits per heavy atom. The van der Waals surface area contributed by atoms with Crippen molar-refractivity contribution in [2.45, 2.75) is 20.1 Å². The van der Waals surface area contributed by atoms with Crippen molar-refractivity contribution in [2.24, 2.45) is 0 Å². The molecule has 2 aromatic carbocycles. The maximum absolute atomic E-state index is 9.32. The summed E-state index contributed by atoms with van der Waals surface area (Å²) in [5, 5.41) is 10.5. The molecule has 0 bridgehead atoms. The van der Waals surface area contributed by atoms with Crippen molar-refractivity contribution in [1.29, 1.82) is 0 Å². The standard InChI is InChI=1S/C15H14Cl2O2/c1-10-4-2-5-11(8-18)15(10)19-9-12-13(16)6-3-7-14(12)17/h2-7,18H,8-9H2,1H3. The summed E-state index contributed by atoms with van der Waals surface area (Å²) in [7, 11) is 0. The fraction of sp³-hybridized carbons (Fsp3) is 0.200. The van der Waals surface area contributed by atoms with Crippen molar-refractivity contribution in [1.82, 2.24) is 0 Å². The van der Waals surface area contributed by atoms with E-state index in [1.807, 2.05) is 25.1 Å². The summed E-state index contributed by atoms with van der Waals surface area (Å²) in [5.74, 6) is 0.681. The van der Waals surface area contributed by atoms with Crippen LogP contribution in [0.15, 0.2) is 36.4 Å². The van der Waals surface area contributed by atoms with Crippen LogP contribution in [0.3, 0.4) is 0 Å². The second-order valence-corrected chi connectivity index (χ2v) is 5.02. The fourth-order valence-corrected chi connectivity index (χ4v) is 2.37. The van der Waals surface area contributed by atoms with Gasteiger partial charge < -0.3 is 9.84 Å². The number of hydrogen-bond donors (Lipinski definition) is 1. The van der Waals surface area contributed by atoms with Gasteiger partial charge in [0.25, 0.3) is 0 Å². The minimum atomic E-state index is -0.0622.